The van der Waals surface area contributed by atoms with E-state index in [4.69, 9.17) is 0 Å². The molecular formula is C19H25N3O2. The van der Waals surface area contributed by atoms with Crippen LogP contribution in [0.15, 0.2) is 41.2 Å². The minimum atomic E-state index is -0.195. The zero-order valence-electron chi connectivity index (χ0n) is 14.6. The highest BCUT2D eigenvalue weighted by Gasteiger charge is 2.13. The lowest BCUT2D eigenvalue weighted by Crippen LogP contribution is -2.34. The van der Waals surface area contributed by atoms with Crippen LogP contribution in [0, 0.1) is 5.92 Å². The Morgan fingerprint density at radius 1 is 1.25 bits per heavy atom. The van der Waals surface area contributed by atoms with Crippen LogP contribution in [0.3, 0.4) is 0 Å². The molecule has 0 spiro atoms. The molecule has 0 bridgehead atoms. The van der Waals surface area contributed by atoms with Gasteiger partial charge in [-0.1, -0.05) is 51.1 Å². The van der Waals surface area contributed by atoms with Crippen molar-refractivity contribution in [3.63, 3.8) is 0 Å². The van der Waals surface area contributed by atoms with Crippen molar-refractivity contribution in [1.29, 1.82) is 0 Å². The van der Waals surface area contributed by atoms with E-state index in [1.165, 1.54) is 10.6 Å². The molecule has 0 fully saturated rings. The van der Waals surface area contributed by atoms with E-state index in [1.54, 1.807) is 0 Å². The topological polar surface area (TPSA) is 64.0 Å². The highest BCUT2D eigenvalue weighted by molar-refractivity contribution is 5.76. The van der Waals surface area contributed by atoms with Gasteiger partial charge in [0.1, 0.15) is 12.4 Å². The number of nitrogens with zero attached hydrogens (tertiary/aromatic N) is 2. The Morgan fingerprint density at radius 3 is 2.58 bits per heavy atom. The average molecular weight is 327 g/mol. The number of amides is 1. The van der Waals surface area contributed by atoms with Gasteiger partial charge >= 0.3 is 0 Å². The largest absolute Gasteiger partial charge is 0.355 e. The summed E-state index contributed by atoms with van der Waals surface area (Å²) >= 11 is 0. The molecule has 0 unspecified atom stereocenters. The molecule has 0 radical (unpaired) electrons. The van der Waals surface area contributed by atoms with E-state index >= 15 is 0 Å². The molecule has 0 saturated carbocycles. The molecule has 24 heavy (non-hydrogen) atoms. The lowest BCUT2D eigenvalue weighted by atomic mass is 10.1. The Kier molecular flexibility index (Phi) is 6.29. The summed E-state index contributed by atoms with van der Waals surface area (Å²) in [4.78, 5) is 29.2. The van der Waals surface area contributed by atoms with E-state index < -0.39 is 0 Å². The summed E-state index contributed by atoms with van der Waals surface area (Å²) in [7, 11) is 0. The Labute approximate surface area is 142 Å². The number of carbonyl (C=O) groups excluding carboxylic acids is 1. The summed E-state index contributed by atoms with van der Waals surface area (Å²) in [6.45, 7) is 6.78. The van der Waals surface area contributed by atoms with Gasteiger partial charge in [0.2, 0.25) is 5.91 Å². The van der Waals surface area contributed by atoms with Gasteiger partial charge in [0.15, 0.2) is 0 Å². The van der Waals surface area contributed by atoms with Gasteiger partial charge in [-0.25, -0.2) is 4.98 Å². The number of hydrogen-bond acceptors (Lipinski definition) is 3. The number of aromatic nitrogens is 2. The lowest BCUT2D eigenvalue weighted by Gasteiger charge is -2.14. The molecule has 1 heterocycles. The van der Waals surface area contributed by atoms with E-state index in [1.807, 2.05) is 37.3 Å². The number of hydrogen-bond donors (Lipinski definition) is 1. The first-order valence-corrected chi connectivity index (χ1v) is 8.44. The van der Waals surface area contributed by atoms with Gasteiger partial charge in [-0.05, 0) is 18.8 Å². The van der Waals surface area contributed by atoms with Crippen LogP contribution in [0.25, 0.3) is 11.4 Å². The van der Waals surface area contributed by atoms with Crippen molar-refractivity contribution in [1.82, 2.24) is 14.9 Å². The smallest absolute Gasteiger partial charge is 0.254 e. The van der Waals surface area contributed by atoms with Gasteiger partial charge in [0.05, 0.1) is 0 Å². The van der Waals surface area contributed by atoms with Crippen LogP contribution in [0.4, 0.5) is 0 Å². The van der Waals surface area contributed by atoms with E-state index in [0.717, 1.165) is 17.7 Å². The van der Waals surface area contributed by atoms with Gasteiger partial charge in [0, 0.05) is 23.9 Å². The second-order valence-corrected chi connectivity index (χ2v) is 6.25. The Balaban J connectivity index is 2.28. The van der Waals surface area contributed by atoms with Crippen LogP contribution in [0.5, 0.6) is 0 Å². The molecule has 5 nitrogen and oxygen atoms in total. The third-order valence-electron chi connectivity index (χ3n) is 3.80. The second-order valence-electron chi connectivity index (χ2n) is 6.25. The molecule has 0 atom stereocenters. The molecule has 1 aromatic heterocycles. The molecule has 128 valence electrons. The van der Waals surface area contributed by atoms with E-state index in [0.29, 0.717) is 24.7 Å². The standard InChI is InChI=1S/C19H25N3O2/c1-4-16-12-18(24)22(13-17(23)20-11-10-14(2)3)19(21-16)15-8-6-5-7-9-15/h5-9,12,14H,4,10-11,13H2,1-3H3,(H,20,23). The monoisotopic (exact) mass is 327 g/mol. The summed E-state index contributed by atoms with van der Waals surface area (Å²) < 4.78 is 1.44. The third kappa shape index (κ3) is 4.78. The number of aryl methyl sites for hydroxylation is 1. The van der Waals surface area contributed by atoms with Crippen molar-refractivity contribution in [3.8, 4) is 11.4 Å². The van der Waals surface area contributed by atoms with Crippen LogP contribution < -0.4 is 10.9 Å². The Hall–Kier alpha value is -2.43. The quantitative estimate of drug-likeness (QED) is 0.850. The number of nitrogens with one attached hydrogen (secondary N) is 1. The molecule has 0 aliphatic carbocycles. The second kappa shape index (κ2) is 8.43. The minimum Gasteiger partial charge on any atom is -0.355 e. The van der Waals surface area contributed by atoms with Crippen molar-refractivity contribution in [3.05, 3.63) is 52.4 Å². The first-order valence-electron chi connectivity index (χ1n) is 8.44. The van der Waals surface area contributed by atoms with Gasteiger partial charge in [-0.15, -0.1) is 0 Å². The van der Waals surface area contributed by atoms with E-state index in [9.17, 15) is 9.59 Å². The molecule has 5 heteroatoms. The summed E-state index contributed by atoms with van der Waals surface area (Å²) in [6.07, 6.45) is 1.59. The van der Waals surface area contributed by atoms with Crippen LogP contribution in [0.1, 0.15) is 32.9 Å². The zero-order valence-corrected chi connectivity index (χ0v) is 14.6. The third-order valence-corrected chi connectivity index (χ3v) is 3.80. The van der Waals surface area contributed by atoms with Gasteiger partial charge in [-0.3, -0.25) is 14.2 Å². The molecule has 0 aliphatic rings. The predicted molar refractivity (Wildman–Crippen MR) is 95.8 cm³/mol. The highest BCUT2D eigenvalue weighted by atomic mass is 16.2. The summed E-state index contributed by atoms with van der Waals surface area (Å²) in [5.74, 6) is 0.901. The van der Waals surface area contributed by atoms with E-state index in [-0.39, 0.29) is 18.0 Å². The molecule has 2 aromatic rings. The number of benzene rings is 1. The Bertz CT molecular complexity index is 736. The SMILES string of the molecule is CCc1cc(=O)n(CC(=O)NCCC(C)C)c(-c2ccccc2)n1. The fourth-order valence-corrected chi connectivity index (χ4v) is 2.39. The molecule has 1 aromatic carbocycles. The lowest BCUT2D eigenvalue weighted by molar-refractivity contribution is -0.121. The fraction of sp³-hybridized carbons (Fsp3) is 0.421. The molecular weight excluding hydrogens is 302 g/mol. The van der Waals surface area contributed by atoms with Crippen LogP contribution >= 0.6 is 0 Å². The normalized spacial score (nSPS) is 10.8. The summed E-state index contributed by atoms with van der Waals surface area (Å²) in [5, 5.41) is 2.87. The average Bonchev–Trinajstić information content (AvgIpc) is 2.57. The molecule has 0 aliphatic heterocycles. The molecule has 0 saturated heterocycles. The maximum atomic E-state index is 12.5. The number of rotatable bonds is 7. The molecule has 2 rings (SSSR count). The first kappa shape index (κ1) is 17.9. The summed E-state index contributed by atoms with van der Waals surface area (Å²) in [5.41, 5.74) is 1.37. The van der Waals surface area contributed by atoms with Crippen molar-refractivity contribution < 1.29 is 4.79 Å². The van der Waals surface area contributed by atoms with Crippen molar-refractivity contribution in [2.24, 2.45) is 5.92 Å². The zero-order chi connectivity index (χ0) is 17.5. The van der Waals surface area contributed by atoms with Crippen molar-refractivity contribution in [2.45, 2.75) is 40.2 Å². The van der Waals surface area contributed by atoms with Gasteiger partial charge in [0.25, 0.3) is 5.56 Å². The minimum absolute atomic E-state index is 0.0157. The maximum absolute atomic E-state index is 12.5. The molecule has 1 N–H and O–H groups in total. The first-order chi connectivity index (χ1) is 11.5. The Morgan fingerprint density at radius 2 is 1.96 bits per heavy atom. The number of carbonyl (C=O) groups is 1. The maximum Gasteiger partial charge on any atom is 0.254 e. The summed E-state index contributed by atoms with van der Waals surface area (Å²) in [6, 6.07) is 11.0. The van der Waals surface area contributed by atoms with Gasteiger partial charge < -0.3 is 5.32 Å². The highest BCUT2D eigenvalue weighted by Crippen LogP contribution is 2.15. The fourth-order valence-electron chi connectivity index (χ4n) is 2.39. The van der Waals surface area contributed by atoms with Crippen LogP contribution in [-0.4, -0.2) is 22.0 Å². The van der Waals surface area contributed by atoms with Crippen LogP contribution in [0.2, 0.25) is 0 Å². The van der Waals surface area contributed by atoms with Crippen molar-refractivity contribution in [2.75, 3.05) is 6.54 Å². The van der Waals surface area contributed by atoms with Crippen molar-refractivity contribution >= 4 is 5.91 Å². The predicted octanol–water partition coefficient (Wildman–Crippen LogP) is 2.64. The van der Waals surface area contributed by atoms with Crippen LogP contribution in [-0.2, 0) is 17.8 Å². The molecule has 1 amide bonds. The van der Waals surface area contributed by atoms with E-state index in [2.05, 4.69) is 24.1 Å². The van der Waals surface area contributed by atoms with Gasteiger partial charge in [-0.2, -0.15) is 0 Å².